The number of hydrogen-bond donors (Lipinski definition) is 2. The molecule has 1 aromatic carbocycles. The maximum absolute atomic E-state index is 11.9. The average molecular weight is 258 g/mol. The second-order valence-electron chi connectivity index (χ2n) is 4.17. The van der Waals surface area contributed by atoms with E-state index in [9.17, 15) is 9.59 Å². The van der Waals surface area contributed by atoms with E-state index in [0.29, 0.717) is 5.56 Å². The van der Waals surface area contributed by atoms with Gasteiger partial charge in [0.05, 0.1) is 0 Å². The third-order valence-corrected chi connectivity index (χ3v) is 2.73. The van der Waals surface area contributed by atoms with Crippen LogP contribution in [0.4, 0.5) is 0 Å². The standard InChI is InChI=1S/C14H14N2O3/c1-10(14(18)19)15-13(17)11-5-4-6-12(9-11)16-7-2-3-8-16/h2-10H,1H3,(H,15,17)(H,18,19). The molecule has 1 atom stereocenters. The molecule has 19 heavy (non-hydrogen) atoms. The highest BCUT2D eigenvalue weighted by atomic mass is 16.4. The number of aromatic nitrogens is 1. The van der Waals surface area contributed by atoms with Crippen LogP contribution >= 0.6 is 0 Å². The summed E-state index contributed by atoms with van der Waals surface area (Å²) in [7, 11) is 0. The molecule has 0 aliphatic heterocycles. The number of amides is 1. The Labute approximate surface area is 110 Å². The summed E-state index contributed by atoms with van der Waals surface area (Å²) in [5.41, 5.74) is 1.28. The molecule has 0 saturated carbocycles. The number of hydrogen-bond acceptors (Lipinski definition) is 2. The highest BCUT2D eigenvalue weighted by Crippen LogP contribution is 2.11. The van der Waals surface area contributed by atoms with Gasteiger partial charge < -0.3 is 15.0 Å². The minimum atomic E-state index is -1.06. The Balaban J connectivity index is 2.19. The van der Waals surface area contributed by atoms with E-state index in [-0.39, 0.29) is 0 Å². The molecule has 0 saturated heterocycles. The van der Waals surface area contributed by atoms with E-state index in [1.807, 2.05) is 35.2 Å². The fraction of sp³-hybridized carbons (Fsp3) is 0.143. The lowest BCUT2D eigenvalue weighted by Crippen LogP contribution is -2.38. The number of carboxylic acids is 1. The largest absolute Gasteiger partial charge is 0.480 e. The van der Waals surface area contributed by atoms with Gasteiger partial charge in [-0.05, 0) is 37.3 Å². The van der Waals surface area contributed by atoms with Crippen LogP contribution in [0, 0.1) is 0 Å². The molecule has 0 bridgehead atoms. The Morgan fingerprint density at radius 2 is 1.89 bits per heavy atom. The lowest BCUT2D eigenvalue weighted by atomic mass is 10.1. The van der Waals surface area contributed by atoms with Crippen LogP contribution in [-0.4, -0.2) is 27.6 Å². The van der Waals surface area contributed by atoms with Crippen LogP contribution < -0.4 is 5.32 Å². The minimum Gasteiger partial charge on any atom is -0.480 e. The summed E-state index contributed by atoms with van der Waals surface area (Å²) in [4.78, 5) is 22.6. The van der Waals surface area contributed by atoms with Crippen molar-refractivity contribution in [3.05, 3.63) is 54.4 Å². The van der Waals surface area contributed by atoms with Gasteiger partial charge in [-0.25, -0.2) is 0 Å². The van der Waals surface area contributed by atoms with Gasteiger partial charge in [0.2, 0.25) is 0 Å². The third kappa shape index (κ3) is 3.01. The molecule has 1 heterocycles. The van der Waals surface area contributed by atoms with E-state index in [2.05, 4.69) is 5.32 Å². The minimum absolute atomic E-state index is 0.399. The number of aliphatic carboxylic acids is 1. The van der Waals surface area contributed by atoms with Crippen molar-refractivity contribution in [2.24, 2.45) is 0 Å². The summed E-state index contributed by atoms with van der Waals surface area (Å²) in [5, 5.41) is 11.2. The van der Waals surface area contributed by atoms with Gasteiger partial charge in [0, 0.05) is 23.6 Å². The predicted octanol–water partition coefficient (Wildman–Crippen LogP) is 1.68. The molecule has 5 nitrogen and oxygen atoms in total. The molecule has 0 aliphatic carbocycles. The maximum Gasteiger partial charge on any atom is 0.325 e. The summed E-state index contributed by atoms with van der Waals surface area (Å²) in [6.07, 6.45) is 3.74. The topological polar surface area (TPSA) is 71.3 Å². The number of carboxylic acid groups (broad SMARTS) is 1. The number of nitrogens with one attached hydrogen (secondary N) is 1. The highest BCUT2D eigenvalue weighted by molar-refractivity contribution is 5.96. The normalized spacial score (nSPS) is 11.8. The average Bonchev–Trinajstić information content (AvgIpc) is 2.92. The molecule has 1 amide bonds. The molecule has 2 aromatic rings. The molecule has 0 aliphatic rings. The van der Waals surface area contributed by atoms with E-state index < -0.39 is 17.9 Å². The molecular weight excluding hydrogens is 244 g/mol. The maximum atomic E-state index is 11.9. The van der Waals surface area contributed by atoms with Crippen molar-refractivity contribution in [1.29, 1.82) is 0 Å². The first-order valence-electron chi connectivity index (χ1n) is 5.85. The van der Waals surface area contributed by atoms with Gasteiger partial charge in [-0.2, -0.15) is 0 Å². The lowest BCUT2D eigenvalue weighted by molar-refractivity contribution is -0.138. The van der Waals surface area contributed by atoms with Crippen LogP contribution in [0.3, 0.4) is 0 Å². The Morgan fingerprint density at radius 1 is 1.21 bits per heavy atom. The van der Waals surface area contributed by atoms with E-state index in [1.54, 1.807) is 18.2 Å². The summed E-state index contributed by atoms with van der Waals surface area (Å²) in [6, 6.07) is 9.86. The molecule has 1 aromatic heterocycles. The number of carbonyl (C=O) groups is 2. The zero-order valence-corrected chi connectivity index (χ0v) is 10.4. The van der Waals surface area contributed by atoms with Crippen LogP contribution in [-0.2, 0) is 4.79 Å². The second-order valence-corrected chi connectivity index (χ2v) is 4.17. The number of carbonyl (C=O) groups excluding carboxylic acids is 1. The van der Waals surface area contributed by atoms with Crippen LogP contribution in [0.1, 0.15) is 17.3 Å². The van der Waals surface area contributed by atoms with Crippen molar-refractivity contribution >= 4 is 11.9 Å². The zero-order valence-electron chi connectivity index (χ0n) is 10.4. The lowest BCUT2D eigenvalue weighted by Gasteiger charge is -2.10. The molecule has 0 radical (unpaired) electrons. The molecule has 1 unspecified atom stereocenters. The SMILES string of the molecule is CC(NC(=O)c1cccc(-n2cccc2)c1)C(=O)O. The van der Waals surface area contributed by atoms with Crippen molar-refractivity contribution in [2.75, 3.05) is 0 Å². The first-order valence-corrected chi connectivity index (χ1v) is 5.85. The van der Waals surface area contributed by atoms with Crippen molar-refractivity contribution in [2.45, 2.75) is 13.0 Å². The van der Waals surface area contributed by atoms with Crippen molar-refractivity contribution < 1.29 is 14.7 Å². The first kappa shape index (κ1) is 12.9. The van der Waals surface area contributed by atoms with Gasteiger partial charge in [0.15, 0.2) is 0 Å². The quantitative estimate of drug-likeness (QED) is 0.876. The number of nitrogens with zero attached hydrogens (tertiary/aromatic N) is 1. The second kappa shape index (κ2) is 5.39. The van der Waals surface area contributed by atoms with Gasteiger partial charge in [-0.3, -0.25) is 9.59 Å². The molecular formula is C14H14N2O3. The van der Waals surface area contributed by atoms with E-state index in [4.69, 9.17) is 5.11 Å². The Morgan fingerprint density at radius 3 is 2.53 bits per heavy atom. The first-order chi connectivity index (χ1) is 9.08. The molecule has 0 fully saturated rings. The van der Waals surface area contributed by atoms with E-state index >= 15 is 0 Å². The fourth-order valence-electron chi connectivity index (χ4n) is 1.66. The van der Waals surface area contributed by atoms with Gasteiger partial charge in [0.25, 0.3) is 5.91 Å². The Bertz CT molecular complexity index is 590. The Hall–Kier alpha value is -2.56. The van der Waals surface area contributed by atoms with E-state index in [1.165, 1.54) is 6.92 Å². The van der Waals surface area contributed by atoms with Gasteiger partial charge >= 0.3 is 5.97 Å². The van der Waals surface area contributed by atoms with Gasteiger partial charge in [-0.1, -0.05) is 6.07 Å². The fourth-order valence-corrected chi connectivity index (χ4v) is 1.66. The van der Waals surface area contributed by atoms with Crippen molar-refractivity contribution in [1.82, 2.24) is 9.88 Å². The monoisotopic (exact) mass is 258 g/mol. The van der Waals surface area contributed by atoms with Crippen LogP contribution in [0.25, 0.3) is 5.69 Å². The molecule has 0 spiro atoms. The van der Waals surface area contributed by atoms with Crippen LogP contribution in [0.2, 0.25) is 0 Å². The van der Waals surface area contributed by atoms with Crippen LogP contribution in [0.5, 0.6) is 0 Å². The molecule has 5 heteroatoms. The Kier molecular flexibility index (Phi) is 3.66. The van der Waals surface area contributed by atoms with E-state index in [0.717, 1.165) is 5.69 Å². The van der Waals surface area contributed by atoms with Crippen molar-refractivity contribution in [3.63, 3.8) is 0 Å². The molecule has 2 rings (SSSR count). The van der Waals surface area contributed by atoms with Crippen LogP contribution in [0.15, 0.2) is 48.8 Å². The predicted molar refractivity (Wildman–Crippen MR) is 70.3 cm³/mol. The summed E-state index contributed by atoms with van der Waals surface area (Å²) >= 11 is 0. The van der Waals surface area contributed by atoms with Gasteiger partial charge in [-0.15, -0.1) is 0 Å². The summed E-state index contributed by atoms with van der Waals surface area (Å²) < 4.78 is 1.87. The smallest absolute Gasteiger partial charge is 0.325 e. The number of rotatable bonds is 4. The van der Waals surface area contributed by atoms with Crippen molar-refractivity contribution in [3.8, 4) is 5.69 Å². The molecule has 2 N–H and O–H groups in total. The highest BCUT2D eigenvalue weighted by Gasteiger charge is 2.15. The summed E-state index contributed by atoms with van der Waals surface area (Å²) in [6.45, 7) is 1.43. The third-order valence-electron chi connectivity index (χ3n) is 2.73. The zero-order chi connectivity index (χ0) is 13.8. The number of benzene rings is 1. The summed E-state index contributed by atoms with van der Waals surface area (Å²) in [5.74, 6) is -1.46. The van der Waals surface area contributed by atoms with Gasteiger partial charge in [0.1, 0.15) is 6.04 Å². The molecule has 98 valence electrons.